The van der Waals surface area contributed by atoms with Crippen molar-refractivity contribution in [3.05, 3.63) is 65.7 Å². The fourth-order valence-corrected chi connectivity index (χ4v) is 9.66. The van der Waals surface area contributed by atoms with Crippen LogP contribution in [0.2, 0.25) is 0 Å². The summed E-state index contributed by atoms with van der Waals surface area (Å²) in [5, 5.41) is 13.7. The maximum absolute atomic E-state index is 13.8. The van der Waals surface area contributed by atoms with Crippen LogP contribution in [-0.4, -0.2) is 100 Å². The topological polar surface area (TPSA) is 195 Å². The molecule has 4 aromatic rings. The van der Waals surface area contributed by atoms with E-state index < -0.39 is 24.3 Å². The van der Waals surface area contributed by atoms with Gasteiger partial charge in [-0.3, -0.25) is 9.59 Å². The number of fused-ring (bicyclic) bond motifs is 5. The van der Waals surface area contributed by atoms with E-state index in [1.54, 1.807) is 0 Å². The zero-order valence-corrected chi connectivity index (χ0v) is 37.5. The van der Waals surface area contributed by atoms with Crippen LogP contribution in [0.15, 0.2) is 48.8 Å². The molecule has 4 unspecified atom stereocenters. The molecular weight excluding hydrogens is 803 g/mol. The second-order valence-electron chi connectivity index (χ2n) is 18.3. The van der Waals surface area contributed by atoms with E-state index in [-0.39, 0.29) is 48.0 Å². The molecule has 63 heavy (non-hydrogen) atoms. The highest BCUT2D eigenvalue weighted by Gasteiger charge is 2.41. The van der Waals surface area contributed by atoms with Crippen molar-refractivity contribution in [1.82, 2.24) is 46.0 Å². The van der Waals surface area contributed by atoms with Crippen LogP contribution >= 0.6 is 0 Å². The number of alkyl carbamates (subject to hydrolysis) is 2. The first-order valence-electron chi connectivity index (χ1n) is 22.3. The van der Waals surface area contributed by atoms with E-state index in [1.165, 1.54) is 14.2 Å². The molecule has 4 aliphatic rings. The van der Waals surface area contributed by atoms with Gasteiger partial charge in [0, 0.05) is 52.4 Å². The number of aromatic amines is 2. The number of methoxy groups -OCH3 is 2. The average Bonchev–Trinajstić information content (AvgIpc) is 4.12. The number of nitrogens with zero attached hydrogens (tertiary/aromatic N) is 3. The first kappa shape index (κ1) is 43.5. The lowest BCUT2D eigenvalue weighted by atomic mass is 9.91. The molecule has 6 heterocycles. The average molecular weight is 864 g/mol. The molecule has 2 aromatic carbocycles. The Labute approximate surface area is 368 Å². The van der Waals surface area contributed by atoms with Gasteiger partial charge in [0.1, 0.15) is 35.9 Å². The van der Waals surface area contributed by atoms with Crippen LogP contribution in [0.1, 0.15) is 103 Å². The number of amides is 4. The van der Waals surface area contributed by atoms with Crippen molar-refractivity contribution >= 4 is 40.6 Å². The Balaban J connectivity index is 1.02. The first-order chi connectivity index (χ1) is 30.3. The molecule has 4 amide bonds. The summed E-state index contributed by atoms with van der Waals surface area (Å²) >= 11 is 0. The van der Waals surface area contributed by atoms with E-state index in [9.17, 15) is 19.2 Å². The number of nitrogens with one attached hydrogen (secondary N) is 6. The highest BCUT2D eigenvalue weighted by molar-refractivity contribution is 5.96. The lowest BCUT2D eigenvalue weighted by molar-refractivity contribution is -0.136. The number of hydrogen-bond acceptors (Lipinski definition) is 10. The van der Waals surface area contributed by atoms with Gasteiger partial charge in [0.05, 0.1) is 49.6 Å². The summed E-state index contributed by atoms with van der Waals surface area (Å²) in [7, 11) is 2.60. The molecule has 0 spiro atoms. The quantitative estimate of drug-likeness (QED) is 0.0869. The Morgan fingerprint density at radius 2 is 1.51 bits per heavy atom. The summed E-state index contributed by atoms with van der Waals surface area (Å²) in [5.74, 6) is 1.40. The highest BCUT2D eigenvalue weighted by atomic mass is 16.5. The van der Waals surface area contributed by atoms with Crippen molar-refractivity contribution in [3.63, 3.8) is 0 Å². The maximum Gasteiger partial charge on any atom is 0.407 e. The van der Waals surface area contributed by atoms with E-state index >= 15 is 0 Å². The molecule has 6 atom stereocenters. The van der Waals surface area contributed by atoms with Crippen molar-refractivity contribution in [1.29, 1.82) is 0 Å². The number of carbonyl (C=O) groups excluding carboxylic acids is 4. The Hall–Kier alpha value is -6.19. The molecule has 0 aliphatic carbocycles. The molecule has 16 nitrogen and oxygen atoms in total. The Kier molecular flexibility index (Phi) is 12.3. The van der Waals surface area contributed by atoms with Gasteiger partial charge in [0.15, 0.2) is 0 Å². The zero-order valence-electron chi connectivity index (χ0n) is 37.5. The van der Waals surface area contributed by atoms with Gasteiger partial charge in [-0.05, 0) is 74.1 Å². The second-order valence-corrected chi connectivity index (χ2v) is 18.3. The van der Waals surface area contributed by atoms with E-state index in [1.807, 2.05) is 49.9 Å². The lowest BCUT2D eigenvalue weighted by Gasteiger charge is -2.34. The Bertz CT molecular complexity index is 2400. The number of rotatable bonds is 12. The van der Waals surface area contributed by atoms with Gasteiger partial charge in [0.25, 0.3) is 0 Å². The number of ether oxygens (including phenoxy) is 3. The summed E-state index contributed by atoms with van der Waals surface area (Å²) in [6.45, 7) is 13.3. The van der Waals surface area contributed by atoms with E-state index in [4.69, 9.17) is 19.2 Å². The maximum atomic E-state index is 13.8. The summed E-state index contributed by atoms with van der Waals surface area (Å²) in [6, 6.07) is 10.9. The predicted octanol–water partition coefficient (Wildman–Crippen LogP) is 6.94. The standard InChI is InChI=1S/C47H61N9O7/c1-24(2)19-37-38-30-20-27(32-22-48-42(51-32)34-11-9-17-55(34)44(57)39(25(3)4)53-46(59)61-7)14-16-31(30)50-41(38)29-15-13-28(21-36(29)63-37)33-23-49-43(52-33)35-12-10-18-56(35)45(58)40(26(5)6)54-47(60)62-8/h13-16,20-26,34-35,37,39-40,43,49-50,52H,9-12,17-19H2,1-8H3,(H,48,51)(H,53,59)(H,54,60)/t34-,35-,37?,39?,40?,43?/m0/s1. The number of aromatic nitrogens is 3. The summed E-state index contributed by atoms with van der Waals surface area (Å²) < 4.78 is 16.5. The highest BCUT2D eigenvalue weighted by Crippen LogP contribution is 2.48. The van der Waals surface area contributed by atoms with Gasteiger partial charge >= 0.3 is 12.2 Å². The normalized spacial score (nSPS) is 21.3. The van der Waals surface area contributed by atoms with Crippen molar-refractivity contribution in [2.75, 3.05) is 27.3 Å². The first-order valence-corrected chi connectivity index (χ1v) is 22.3. The minimum Gasteiger partial charge on any atom is -0.485 e. The fourth-order valence-electron chi connectivity index (χ4n) is 9.66. The molecule has 8 rings (SSSR count). The Morgan fingerprint density at radius 3 is 2.19 bits per heavy atom. The molecule has 2 fully saturated rings. The van der Waals surface area contributed by atoms with Crippen LogP contribution < -0.4 is 26.0 Å². The van der Waals surface area contributed by atoms with Gasteiger partial charge in [-0.15, -0.1) is 0 Å². The number of H-pyrrole nitrogens is 2. The molecule has 4 aliphatic heterocycles. The van der Waals surface area contributed by atoms with Gasteiger partial charge in [0.2, 0.25) is 11.8 Å². The number of imidazole rings is 1. The van der Waals surface area contributed by atoms with Crippen LogP contribution in [0.25, 0.3) is 39.1 Å². The third-order valence-electron chi connectivity index (χ3n) is 12.9. The predicted molar refractivity (Wildman–Crippen MR) is 239 cm³/mol. The van der Waals surface area contributed by atoms with Gasteiger partial charge in [-0.2, -0.15) is 0 Å². The SMILES string of the molecule is COC(=O)NC(C(=O)N1CCC[C@H]1c1ncc(-c2ccc3[nH]c4c(c3c2)C(CC(C)C)Oc2cc(C3=CNC([C@@H]5CCCN5C(=O)C(NC(=O)OC)C(C)C)N3)ccc2-4)[nH]1)C(C)C. The van der Waals surface area contributed by atoms with Gasteiger partial charge < -0.3 is 55.2 Å². The largest absolute Gasteiger partial charge is 0.485 e. The van der Waals surface area contributed by atoms with Gasteiger partial charge in [-0.25, -0.2) is 14.6 Å². The zero-order chi connectivity index (χ0) is 44.7. The number of hydrogen-bond donors (Lipinski definition) is 6. The molecule has 16 heteroatoms. The van der Waals surface area contributed by atoms with Crippen molar-refractivity contribution < 1.29 is 33.4 Å². The molecule has 0 saturated carbocycles. The van der Waals surface area contributed by atoms with Crippen LogP contribution in [-0.2, 0) is 19.1 Å². The van der Waals surface area contributed by atoms with Gasteiger partial charge in [-0.1, -0.05) is 53.7 Å². The molecule has 336 valence electrons. The number of likely N-dealkylation sites (tertiary alicyclic amines) is 2. The lowest BCUT2D eigenvalue weighted by Crippen LogP contribution is -2.57. The molecule has 0 bridgehead atoms. The third-order valence-corrected chi connectivity index (χ3v) is 12.9. The third kappa shape index (κ3) is 8.51. The fraction of sp³-hybridized carbons (Fsp3) is 0.511. The monoisotopic (exact) mass is 863 g/mol. The van der Waals surface area contributed by atoms with Crippen LogP contribution in [0.3, 0.4) is 0 Å². The molecular formula is C47H61N9O7. The summed E-state index contributed by atoms with van der Waals surface area (Å²) in [4.78, 5) is 67.5. The van der Waals surface area contributed by atoms with E-state index in [2.05, 4.69) is 81.5 Å². The van der Waals surface area contributed by atoms with Crippen molar-refractivity contribution in [2.45, 2.75) is 110 Å². The molecule has 2 aromatic heterocycles. The van der Waals surface area contributed by atoms with E-state index in [0.717, 1.165) is 88.1 Å². The molecule has 0 radical (unpaired) electrons. The molecule has 2 saturated heterocycles. The second kappa shape index (κ2) is 17.9. The molecule has 6 N–H and O–H groups in total. The smallest absolute Gasteiger partial charge is 0.407 e. The number of carbonyl (C=O) groups is 4. The van der Waals surface area contributed by atoms with Crippen LogP contribution in [0, 0.1) is 17.8 Å². The van der Waals surface area contributed by atoms with Crippen molar-refractivity contribution in [2.24, 2.45) is 17.8 Å². The minimum atomic E-state index is -0.706. The summed E-state index contributed by atoms with van der Waals surface area (Å²) in [6.07, 6.45) is 6.28. The van der Waals surface area contributed by atoms with E-state index in [0.29, 0.717) is 24.8 Å². The minimum absolute atomic E-state index is 0.105. The number of benzene rings is 2. The van der Waals surface area contributed by atoms with Crippen molar-refractivity contribution in [3.8, 4) is 28.3 Å². The Morgan fingerprint density at radius 1 is 0.841 bits per heavy atom. The van der Waals surface area contributed by atoms with Crippen LogP contribution in [0.5, 0.6) is 5.75 Å². The summed E-state index contributed by atoms with van der Waals surface area (Å²) in [5.41, 5.74) is 7.85. The van der Waals surface area contributed by atoms with Crippen LogP contribution in [0.4, 0.5) is 9.59 Å².